The molecule has 1 aromatic rings. The molecule has 4 heteroatoms. The van der Waals surface area contributed by atoms with Crippen LogP contribution in [0.15, 0.2) is 29.4 Å². The molecule has 0 radical (unpaired) electrons. The van der Waals surface area contributed by atoms with E-state index < -0.39 is 0 Å². The van der Waals surface area contributed by atoms with Gasteiger partial charge in [0.05, 0.1) is 18.4 Å². The molecule has 1 unspecified atom stereocenters. The highest BCUT2D eigenvalue weighted by Crippen LogP contribution is 2.20. The highest BCUT2D eigenvalue weighted by atomic mass is 16.5. The second-order valence-electron chi connectivity index (χ2n) is 3.88. The van der Waals surface area contributed by atoms with Gasteiger partial charge in [0.15, 0.2) is 0 Å². The molecule has 1 rings (SSSR count). The number of oxime groups is 1. The largest absolute Gasteiger partial charge is 0.493 e. The molecule has 1 aromatic carbocycles. The van der Waals surface area contributed by atoms with Gasteiger partial charge < -0.3 is 15.1 Å². The molecule has 0 aromatic heterocycles. The van der Waals surface area contributed by atoms with Crippen molar-refractivity contribution in [2.75, 3.05) is 6.61 Å². The first-order chi connectivity index (χ1) is 8.19. The van der Waals surface area contributed by atoms with Gasteiger partial charge in [-0.25, -0.2) is 0 Å². The predicted octanol–water partition coefficient (Wildman–Crippen LogP) is 2.42. The zero-order valence-corrected chi connectivity index (χ0v) is 10.3. The minimum atomic E-state index is -0.376. The standard InChI is InChI=1S/C13H19NO3/c1-3-12(14-16)11-6-4-5-7-13(11)17-9-8-10(2)15/h4-7,10,15-16H,3,8-9H2,1-2H3/b14-12-. The number of rotatable bonds is 6. The van der Waals surface area contributed by atoms with Gasteiger partial charge in [0.2, 0.25) is 0 Å². The van der Waals surface area contributed by atoms with Gasteiger partial charge in [0, 0.05) is 12.0 Å². The number of aliphatic hydroxyl groups excluding tert-OH is 1. The van der Waals surface area contributed by atoms with Crippen LogP contribution in [0.3, 0.4) is 0 Å². The van der Waals surface area contributed by atoms with Gasteiger partial charge in [-0.15, -0.1) is 0 Å². The van der Waals surface area contributed by atoms with Crippen LogP contribution in [0.2, 0.25) is 0 Å². The fourth-order valence-corrected chi connectivity index (χ4v) is 1.49. The number of hydrogen-bond acceptors (Lipinski definition) is 4. The normalized spacial score (nSPS) is 13.5. The van der Waals surface area contributed by atoms with Gasteiger partial charge in [-0.3, -0.25) is 0 Å². The maximum Gasteiger partial charge on any atom is 0.128 e. The minimum absolute atomic E-state index is 0.376. The summed E-state index contributed by atoms with van der Waals surface area (Å²) in [6, 6.07) is 7.43. The Kier molecular flexibility index (Phi) is 5.49. The van der Waals surface area contributed by atoms with Crippen LogP contribution in [0.25, 0.3) is 0 Å². The molecule has 0 fully saturated rings. The maximum absolute atomic E-state index is 9.16. The Hall–Kier alpha value is -1.55. The van der Waals surface area contributed by atoms with Gasteiger partial charge in [-0.1, -0.05) is 24.2 Å². The summed E-state index contributed by atoms with van der Waals surface area (Å²) in [5.74, 6) is 0.683. The first kappa shape index (κ1) is 13.5. The molecule has 0 amide bonds. The van der Waals surface area contributed by atoms with Crippen LogP contribution in [-0.4, -0.2) is 28.7 Å². The number of aliphatic hydroxyl groups is 1. The second kappa shape index (κ2) is 6.91. The first-order valence-corrected chi connectivity index (χ1v) is 5.80. The summed E-state index contributed by atoms with van der Waals surface area (Å²) in [6.45, 7) is 4.08. The van der Waals surface area contributed by atoms with Crippen LogP contribution < -0.4 is 4.74 Å². The lowest BCUT2D eigenvalue weighted by atomic mass is 10.1. The van der Waals surface area contributed by atoms with Crippen LogP contribution in [-0.2, 0) is 0 Å². The van der Waals surface area contributed by atoms with Crippen LogP contribution in [0.1, 0.15) is 32.3 Å². The van der Waals surface area contributed by atoms with E-state index in [1.807, 2.05) is 31.2 Å². The van der Waals surface area contributed by atoms with Gasteiger partial charge in [-0.05, 0) is 25.5 Å². The smallest absolute Gasteiger partial charge is 0.128 e. The highest BCUT2D eigenvalue weighted by molar-refractivity contribution is 6.02. The summed E-state index contributed by atoms with van der Waals surface area (Å²) in [5.41, 5.74) is 1.39. The number of nitrogens with zero attached hydrogens (tertiary/aromatic N) is 1. The van der Waals surface area contributed by atoms with Crippen LogP contribution >= 0.6 is 0 Å². The molecule has 0 heterocycles. The van der Waals surface area contributed by atoms with Crippen molar-refractivity contribution < 1.29 is 15.1 Å². The zero-order valence-electron chi connectivity index (χ0n) is 10.3. The number of benzene rings is 1. The summed E-state index contributed by atoms with van der Waals surface area (Å²) in [7, 11) is 0. The lowest BCUT2D eigenvalue weighted by Crippen LogP contribution is -2.10. The second-order valence-corrected chi connectivity index (χ2v) is 3.88. The third-order valence-electron chi connectivity index (χ3n) is 2.45. The summed E-state index contributed by atoms with van der Waals surface area (Å²) in [4.78, 5) is 0. The molecule has 4 nitrogen and oxygen atoms in total. The third kappa shape index (κ3) is 4.07. The van der Waals surface area contributed by atoms with Crippen molar-refractivity contribution in [2.45, 2.75) is 32.8 Å². The minimum Gasteiger partial charge on any atom is -0.493 e. The third-order valence-corrected chi connectivity index (χ3v) is 2.45. The average molecular weight is 237 g/mol. The molecule has 0 spiro atoms. The molecule has 17 heavy (non-hydrogen) atoms. The molecule has 2 N–H and O–H groups in total. The average Bonchev–Trinajstić information content (AvgIpc) is 2.32. The summed E-state index contributed by atoms with van der Waals surface area (Å²) in [6.07, 6.45) is 0.832. The molecular weight excluding hydrogens is 218 g/mol. The Morgan fingerprint density at radius 1 is 1.41 bits per heavy atom. The van der Waals surface area contributed by atoms with E-state index in [0.717, 1.165) is 5.56 Å². The molecule has 0 bridgehead atoms. The van der Waals surface area contributed by atoms with Crippen LogP contribution in [0.4, 0.5) is 0 Å². The van der Waals surface area contributed by atoms with Crippen molar-refractivity contribution in [2.24, 2.45) is 5.16 Å². The van der Waals surface area contributed by atoms with Crippen molar-refractivity contribution in [1.29, 1.82) is 0 Å². The Morgan fingerprint density at radius 2 is 2.12 bits per heavy atom. The van der Waals surface area contributed by atoms with Gasteiger partial charge in [-0.2, -0.15) is 0 Å². The molecule has 0 aliphatic rings. The molecule has 0 saturated carbocycles. The van der Waals surface area contributed by atoms with E-state index in [4.69, 9.17) is 15.1 Å². The molecule has 0 aliphatic carbocycles. The van der Waals surface area contributed by atoms with E-state index >= 15 is 0 Å². The van der Waals surface area contributed by atoms with E-state index in [0.29, 0.717) is 30.9 Å². The Bertz CT molecular complexity index is 375. The molecular formula is C13H19NO3. The van der Waals surface area contributed by atoms with Crippen molar-refractivity contribution in [1.82, 2.24) is 0 Å². The SMILES string of the molecule is CC/C(=N/O)c1ccccc1OCCC(C)O. The predicted molar refractivity (Wildman–Crippen MR) is 66.8 cm³/mol. The van der Waals surface area contributed by atoms with Crippen molar-refractivity contribution in [3.05, 3.63) is 29.8 Å². The van der Waals surface area contributed by atoms with E-state index in [-0.39, 0.29) is 6.10 Å². The molecule has 0 saturated heterocycles. The fraction of sp³-hybridized carbons (Fsp3) is 0.462. The highest BCUT2D eigenvalue weighted by Gasteiger charge is 2.09. The first-order valence-electron chi connectivity index (χ1n) is 5.80. The zero-order chi connectivity index (χ0) is 12.7. The Balaban J connectivity index is 2.77. The Morgan fingerprint density at radius 3 is 2.71 bits per heavy atom. The number of hydrogen-bond donors (Lipinski definition) is 2. The van der Waals surface area contributed by atoms with Gasteiger partial charge in [0.25, 0.3) is 0 Å². The summed E-state index contributed by atoms with van der Waals surface area (Å²) in [5, 5.41) is 21.3. The number of ether oxygens (including phenoxy) is 1. The molecule has 94 valence electrons. The maximum atomic E-state index is 9.16. The fourth-order valence-electron chi connectivity index (χ4n) is 1.49. The molecule has 0 aliphatic heterocycles. The quantitative estimate of drug-likeness (QED) is 0.454. The van der Waals surface area contributed by atoms with E-state index in [1.54, 1.807) is 6.92 Å². The monoisotopic (exact) mass is 237 g/mol. The topological polar surface area (TPSA) is 62.1 Å². The number of para-hydroxylation sites is 1. The van der Waals surface area contributed by atoms with Crippen molar-refractivity contribution in [3.8, 4) is 5.75 Å². The van der Waals surface area contributed by atoms with Crippen LogP contribution in [0.5, 0.6) is 5.75 Å². The van der Waals surface area contributed by atoms with Gasteiger partial charge >= 0.3 is 0 Å². The van der Waals surface area contributed by atoms with Crippen LogP contribution in [0, 0.1) is 0 Å². The molecule has 1 atom stereocenters. The van der Waals surface area contributed by atoms with Crippen molar-refractivity contribution >= 4 is 5.71 Å². The van der Waals surface area contributed by atoms with E-state index in [9.17, 15) is 0 Å². The lowest BCUT2D eigenvalue weighted by molar-refractivity contribution is 0.155. The lowest BCUT2D eigenvalue weighted by Gasteiger charge is -2.12. The Labute approximate surface area is 102 Å². The van der Waals surface area contributed by atoms with Crippen molar-refractivity contribution in [3.63, 3.8) is 0 Å². The van der Waals surface area contributed by atoms with E-state index in [2.05, 4.69) is 5.16 Å². The summed E-state index contributed by atoms with van der Waals surface area (Å²) < 4.78 is 5.58. The summed E-state index contributed by atoms with van der Waals surface area (Å²) >= 11 is 0. The van der Waals surface area contributed by atoms with E-state index in [1.165, 1.54) is 0 Å². The van der Waals surface area contributed by atoms with Gasteiger partial charge in [0.1, 0.15) is 5.75 Å².